The standard InChI is InChI=1S/C30H39N3O8/c1-28(2,3)40-26(38)31-14-13-30(33-17-32-27(39)41-29(4,5)6)22-11-9-20(24(34)35)15-18(22)7-8-19-16-21(25(36)37)10-12-23(19)30/h9-12,15-16,33H,7-8,13-14,17H2,1-6H3,(H,31,38)(H,32,39)(H,34,35)(H,36,37). The van der Waals surface area contributed by atoms with Crippen LogP contribution in [0.1, 0.15) is 90.9 Å². The molecule has 3 rings (SSSR count). The summed E-state index contributed by atoms with van der Waals surface area (Å²) < 4.78 is 10.8. The molecule has 11 heteroatoms. The number of aryl methyl sites for hydroxylation is 2. The molecule has 0 saturated heterocycles. The smallest absolute Gasteiger partial charge is 0.408 e. The first-order valence-corrected chi connectivity index (χ1v) is 13.4. The zero-order chi connectivity index (χ0) is 30.6. The molecular weight excluding hydrogens is 530 g/mol. The lowest BCUT2D eigenvalue weighted by molar-refractivity contribution is 0.0516. The van der Waals surface area contributed by atoms with Crippen molar-refractivity contribution in [2.45, 2.75) is 77.5 Å². The Morgan fingerprint density at radius 2 is 1.20 bits per heavy atom. The molecule has 0 saturated carbocycles. The number of carbonyl (C=O) groups excluding carboxylic acids is 2. The maximum Gasteiger partial charge on any atom is 0.408 e. The third kappa shape index (κ3) is 8.20. The van der Waals surface area contributed by atoms with Gasteiger partial charge in [-0.25, -0.2) is 19.2 Å². The molecular formula is C30H39N3O8. The average molecular weight is 570 g/mol. The van der Waals surface area contributed by atoms with Gasteiger partial charge in [-0.05, 0) is 107 Å². The third-order valence-corrected chi connectivity index (χ3v) is 6.48. The molecule has 0 radical (unpaired) electrons. The lowest BCUT2D eigenvalue weighted by Crippen LogP contribution is -2.51. The van der Waals surface area contributed by atoms with E-state index in [0.29, 0.717) is 12.8 Å². The number of carbonyl (C=O) groups is 4. The van der Waals surface area contributed by atoms with Gasteiger partial charge in [0.25, 0.3) is 0 Å². The second-order valence-corrected chi connectivity index (χ2v) is 12.0. The Morgan fingerprint density at radius 1 is 0.756 bits per heavy atom. The molecule has 2 aromatic carbocycles. The number of nitrogens with one attached hydrogen (secondary N) is 3. The molecule has 0 bridgehead atoms. The quantitative estimate of drug-likeness (QED) is 0.290. The molecule has 222 valence electrons. The Hall–Kier alpha value is -4.12. The Morgan fingerprint density at radius 3 is 1.61 bits per heavy atom. The first-order valence-electron chi connectivity index (χ1n) is 13.4. The number of ether oxygens (including phenoxy) is 2. The monoisotopic (exact) mass is 569 g/mol. The molecule has 5 N–H and O–H groups in total. The van der Waals surface area contributed by atoms with Crippen molar-refractivity contribution in [1.82, 2.24) is 16.0 Å². The fourth-order valence-corrected chi connectivity index (χ4v) is 4.91. The van der Waals surface area contributed by atoms with E-state index < -0.39 is 40.9 Å². The maximum absolute atomic E-state index is 12.5. The average Bonchev–Trinajstić information content (AvgIpc) is 2.96. The molecule has 1 aliphatic rings. The second-order valence-electron chi connectivity index (χ2n) is 12.0. The predicted octanol–water partition coefficient (Wildman–Crippen LogP) is 4.41. The molecule has 0 spiro atoms. The molecule has 0 aromatic heterocycles. The van der Waals surface area contributed by atoms with Gasteiger partial charge in [-0.3, -0.25) is 5.32 Å². The third-order valence-electron chi connectivity index (χ3n) is 6.48. The summed E-state index contributed by atoms with van der Waals surface area (Å²) in [5.74, 6) is -2.14. The number of benzene rings is 2. The van der Waals surface area contributed by atoms with E-state index in [1.807, 2.05) is 0 Å². The number of rotatable bonds is 8. The summed E-state index contributed by atoms with van der Waals surface area (Å²) in [6.45, 7) is 10.6. The highest BCUT2D eigenvalue weighted by Gasteiger charge is 2.39. The van der Waals surface area contributed by atoms with Crippen molar-refractivity contribution in [1.29, 1.82) is 0 Å². The highest BCUT2D eigenvalue weighted by molar-refractivity contribution is 5.89. The van der Waals surface area contributed by atoms with E-state index in [-0.39, 0.29) is 30.8 Å². The largest absolute Gasteiger partial charge is 0.478 e. The Labute approximate surface area is 239 Å². The van der Waals surface area contributed by atoms with Crippen LogP contribution in [-0.2, 0) is 27.9 Å². The number of hydrogen-bond donors (Lipinski definition) is 5. The number of carboxylic acid groups (broad SMARTS) is 2. The van der Waals surface area contributed by atoms with Crippen molar-refractivity contribution in [2.24, 2.45) is 0 Å². The van der Waals surface area contributed by atoms with E-state index in [2.05, 4.69) is 16.0 Å². The molecule has 0 unspecified atom stereocenters. The summed E-state index contributed by atoms with van der Waals surface area (Å²) in [4.78, 5) is 48.5. The fraction of sp³-hybridized carbons (Fsp3) is 0.467. The van der Waals surface area contributed by atoms with E-state index in [0.717, 1.165) is 22.3 Å². The minimum absolute atomic E-state index is 0.0401. The van der Waals surface area contributed by atoms with Crippen molar-refractivity contribution in [3.8, 4) is 0 Å². The SMILES string of the molecule is CC(C)(C)OC(=O)NCCC1(NCNC(=O)OC(C)(C)C)c2ccc(C(=O)O)cc2CCc2cc(C(=O)O)ccc21. The van der Waals surface area contributed by atoms with Crippen molar-refractivity contribution < 1.29 is 38.9 Å². The van der Waals surface area contributed by atoms with Gasteiger partial charge in [0.15, 0.2) is 0 Å². The Kier molecular flexibility index (Phi) is 9.33. The number of carboxylic acids is 2. The van der Waals surface area contributed by atoms with Gasteiger partial charge in [-0.15, -0.1) is 0 Å². The van der Waals surface area contributed by atoms with Gasteiger partial charge in [-0.1, -0.05) is 12.1 Å². The molecule has 0 aliphatic heterocycles. The zero-order valence-electron chi connectivity index (χ0n) is 24.3. The van der Waals surface area contributed by atoms with Crippen LogP contribution in [-0.4, -0.2) is 58.8 Å². The Bertz CT molecular complexity index is 1220. The van der Waals surface area contributed by atoms with E-state index in [1.54, 1.807) is 65.8 Å². The summed E-state index contributed by atoms with van der Waals surface area (Å²) in [5.41, 5.74) is 0.782. The highest BCUT2D eigenvalue weighted by atomic mass is 16.6. The molecule has 11 nitrogen and oxygen atoms in total. The van der Waals surface area contributed by atoms with E-state index >= 15 is 0 Å². The highest BCUT2D eigenvalue weighted by Crippen LogP contribution is 2.41. The minimum Gasteiger partial charge on any atom is -0.478 e. The number of hydrogen-bond acceptors (Lipinski definition) is 7. The van der Waals surface area contributed by atoms with Gasteiger partial charge in [0, 0.05) is 6.54 Å². The van der Waals surface area contributed by atoms with E-state index in [9.17, 15) is 29.4 Å². The van der Waals surface area contributed by atoms with Crippen molar-refractivity contribution in [2.75, 3.05) is 13.2 Å². The van der Waals surface area contributed by atoms with Crippen LogP contribution < -0.4 is 16.0 Å². The molecule has 2 amide bonds. The van der Waals surface area contributed by atoms with E-state index in [4.69, 9.17) is 9.47 Å². The van der Waals surface area contributed by atoms with Crippen LogP contribution in [0.15, 0.2) is 36.4 Å². The van der Waals surface area contributed by atoms with Crippen LogP contribution in [0.2, 0.25) is 0 Å². The molecule has 1 aliphatic carbocycles. The van der Waals surface area contributed by atoms with Gasteiger partial charge in [0.1, 0.15) is 11.2 Å². The molecule has 0 heterocycles. The predicted molar refractivity (Wildman–Crippen MR) is 151 cm³/mol. The van der Waals surface area contributed by atoms with Gasteiger partial charge in [0.05, 0.1) is 23.3 Å². The lowest BCUT2D eigenvalue weighted by atomic mass is 9.77. The number of aromatic carboxylic acids is 2. The van der Waals surface area contributed by atoms with Crippen LogP contribution in [0.4, 0.5) is 9.59 Å². The summed E-state index contributed by atoms with van der Waals surface area (Å²) in [7, 11) is 0. The van der Waals surface area contributed by atoms with Gasteiger partial charge in [0.2, 0.25) is 0 Å². The van der Waals surface area contributed by atoms with Crippen LogP contribution in [0.3, 0.4) is 0 Å². The Balaban J connectivity index is 2.10. The molecule has 0 fully saturated rings. The minimum atomic E-state index is -1.07. The normalized spacial score (nSPS) is 14.1. The topological polar surface area (TPSA) is 163 Å². The number of alkyl carbamates (subject to hydrolysis) is 2. The van der Waals surface area contributed by atoms with Crippen LogP contribution >= 0.6 is 0 Å². The summed E-state index contributed by atoms with van der Waals surface area (Å²) >= 11 is 0. The second kappa shape index (κ2) is 12.2. The molecule has 2 aromatic rings. The van der Waals surface area contributed by atoms with Crippen LogP contribution in [0.25, 0.3) is 0 Å². The number of amides is 2. The van der Waals surface area contributed by atoms with Gasteiger partial charge < -0.3 is 30.3 Å². The fourth-order valence-electron chi connectivity index (χ4n) is 4.91. The van der Waals surface area contributed by atoms with E-state index in [1.165, 1.54) is 12.1 Å². The van der Waals surface area contributed by atoms with Crippen LogP contribution in [0, 0.1) is 0 Å². The van der Waals surface area contributed by atoms with Gasteiger partial charge >= 0.3 is 24.1 Å². The maximum atomic E-state index is 12.5. The first-order chi connectivity index (χ1) is 19.0. The first kappa shape index (κ1) is 31.4. The van der Waals surface area contributed by atoms with Crippen LogP contribution in [0.5, 0.6) is 0 Å². The number of fused-ring (bicyclic) bond motifs is 2. The van der Waals surface area contributed by atoms with Crippen molar-refractivity contribution >= 4 is 24.1 Å². The zero-order valence-corrected chi connectivity index (χ0v) is 24.3. The lowest BCUT2D eigenvalue weighted by Gasteiger charge is -2.38. The molecule has 0 atom stereocenters. The summed E-state index contributed by atoms with van der Waals surface area (Å²) in [6.07, 6.45) is -0.0649. The van der Waals surface area contributed by atoms with Crippen molar-refractivity contribution in [3.63, 3.8) is 0 Å². The van der Waals surface area contributed by atoms with Crippen molar-refractivity contribution in [3.05, 3.63) is 69.8 Å². The summed E-state index contributed by atoms with van der Waals surface area (Å²) in [6, 6.07) is 9.70. The van der Waals surface area contributed by atoms with Gasteiger partial charge in [-0.2, -0.15) is 0 Å². The molecule has 41 heavy (non-hydrogen) atoms. The summed E-state index contributed by atoms with van der Waals surface area (Å²) in [5, 5.41) is 28.2.